The van der Waals surface area contributed by atoms with Crippen molar-refractivity contribution in [1.29, 1.82) is 0 Å². The highest BCUT2D eigenvalue weighted by Crippen LogP contribution is 2.18. The molecule has 0 aliphatic carbocycles. The molecule has 1 rings (SSSR count). The van der Waals surface area contributed by atoms with Gasteiger partial charge >= 0.3 is 5.97 Å². The number of ether oxygens (including phenoxy) is 2. The zero-order valence-corrected chi connectivity index (χ0v) is 10.2. The third-order valence-electron chi connectivity index (χ3n) is 2.12. The molecule has 0 radical (unpaired) electrons. The fourth-order valence-electron chi connectivity index (χ4n) is 1.13. The van der Waals surface area contributed by atoms with Crippen LogP contribution >= 0.6 is 0 Å². The molecular formula is C13H18O3. The largest absolute Gasteiger partial charge is 0.497 e. The molecule has 0 N–H and O–H groups in total. The Bertz CT molecular complexity index is 364. The van der Waals surface area contributed by atoms with Crippen LogP contribution in [0.4, 0.5) is 0 Å². The Kier molecular flexibility index (Phi) is 3.93. The first-order valence-electron chi connectivity index (χ1n) is 5.23. The van der Waals surface area contributed by atoms with Crippen molar-refractivity contribution in [2.75, 3.05) is 7.11 Å². The summed E-state index contributed by atoms with van der Waals surface area (Å²) < 4.78 is 10.3. The monoisotopic (exact) mass is 222 g/mol. The first-order valence-corrected chi connectivity index (χ1v) is 5.23. The van der Waals surface area contributed by atoms with E-state index in [0.29, 0.717) is 0 Å². The Morgan fingerprint density at radius 3 is 2.56 bits per heavy atom. The van der Waals surface area contributed by atoms with Crippen LogP contribution in [0.25, 0.3) is 0 Å². The van der Waals surface area contributed by atoms with Crippen LogP contribution in [-0.4, -0.2) is 13.1 Å². The summed E-state index contributed by atoms with van der Waals surface area (Å²) in [4.78, 5) is 11.5. The standard InChI is InChI=1S/C13H18O3/c1-13(2,3)12(14)16-9-10-6-5-7-11(8-10)15-4/h5-8H,9H2,1-4H3. The predicted molar refractivity (Wildman–Crippen MR) is 62.2 cm³/mol. The summed E-state index contributed by atoms with van der Waals surface area (Å²) in [7, 11) is 1.61. The number of esters is 1. The third kappa shape index (κ3) is 3.57. The molecule has 3 nitrogen and oxygen atoms in total. The van der Waals surface area contributed by atoms with E-state index in [0.717, 1.165) is 11.3 Å². The quantitative estimate of drug-likeness (QED) is 0.738. The Balaban J connectivity index is 2.58. The maximum absolute atomic E-state index is 11.5. The summed E-state index contributed by atoms with van der Waals surface area (Å²) in [6, 6.07) is 7.49. The number of carbonyl (C=O) groups is 1. The lowest BCUT2D eigenvalue weighted by molar-refractivity contribution is -0.154. The van der Waals surface area contributed by atoms with Gasteiger partial charge in [0.1, 0.15) is 12.4 Å². The molecule has 88 valence electrons. The Morgan fingerprint density at radius 2 is 2.00 bits per heavy atom. The summed E-state index contributed by atoms with van der Waals surface area (Å²) in [5, 5.41) is 0. The van der Waals surface area contributed by atoms with Gasteiger partial charge in [0.25, 0.3) is 0 Å². The maximum atomic E-state index is 11.5. The van der Waals surface area contributed by atoms with Crippen LogP contribution in [0, 0.1) is 5.41 Å². The van der Waals surface area contributed by atoms with Crippen molar-refractivity contribution in [2.45, 2.75) is 27.4 Å². The third-order valence-corrected chi connectivity index (χ3v) is 2.12. The highest BCUT2D eigenvalue weighted by Gasteiger charge is 2.22. The van der Waals surface area contributed by atoms with Crippen LogP contribution < -0.4 is 4.74 Å². The number of hydrogen-bond donors (Lipinski definition) is 0. The van der Waals surface area contributed by atoms with Crippen LogP contribution in [0.1, 0.15) is 26.3 Å². The van der Waals surface area contributed by atoms with Gasteiger partial charge < -0.3 is 9.47 Å². The lowest BCUT2D eigenvalue weighted by Gasteiger charge is -2.16. The topological polar surface area (TPSA) is 35.5 Å². The van der Waals surface area contributed by atoms with Crippen LogP contribution in [0.5, 0.6) is 5.75 Å². The SMILES string of the molecule is COc1cccc(COC(=O)C(C)(C)C)c1. The van der Waals surface area contributed by atoms with E-state index >= 15 is 0 Å². The highest BCUT2D eigenvalue weighted by atomic mass is 16.5. The zero-order valence-electron chi connectivity index (χ0n) is 10.2. The minimum Gasteiger partial charge on any atom is -0.497 e. The number of hydrogen-bond acceptors (Lipinski definition) is 3. The van der Waals surface area contributed by atoms with Crippen molar-refractivity contribution in [1.82, 2.24) is 0 Å². The van der Waals surface area contributed by atoms with Crippen LogP contribution in [-0.2, 0) is 16.1 Å². The first-order chi connectivity index (χ1) is 7.43. The van der Waals surface area contributed by atoms with Gasteiger partial charge in [-0.3, -0.25) is 4.79 Å². The lowest BCUT2D eigenvalue weighted by atomic mass is 9.97. The summed E-state index contributed by atoms with van der Waals surface area (Å²) in [6.07, 6.45) is 0. The molecule has 0 bridgehead atoms. The van der Waals surface area contributed by atoms with Crippen LogP contribution in [0.15, 0.2) is 24.3 Å². The second-order valence-electron chi connectivity index (χ2n) is 4.68. The summed E-state index contributed by atoms with van der Waals surface area (Å²) in [5.74, 6) is 0.569. The molecule has 0 unspecified atom stereocenters. The van der Waals surface area contributed by atoms with Gasteiger partial charge in [0, 0.05) is 0 Å². The molecule has 0 saturated heterocycles. The fourth-order valence-corrected chi connectivity index (χ4v) is 1.13. The highest BCUT2D eigenvalue weighted by molar-refractivity contribution is 5.75. The summed E-state index contributed by atoms with van der Waals surface area (Å²) in [5.41, 5.74) is 0.468. The second-order valence-corrected chi connectivity index (χ2v) is 4.68. The normalized spacial score (nSPS) is 11.0. The molecular weight excluding hydrogens is 204 g/mol. The Morgan fingerprint density at radius 1 is 1.31 bits per heavy atom. The summed E-state index contributed by atoms with van der Waals surface area (Å²) in [6.45, 7) is 5.79. The lowest BCUT2D eigenvalue weighted by Crippen LogP contribution is -2.22. The van der Waals surface area contributed by atoms with Gasteiger partial charge in [-0.2, -0.15) is 0 Å². The smallest absolute Gasteiger partial charge is 0.311 e. The van der Waals surface area contributed by atoms with E-state index < -0.39 is 5.41 Å². The number of carbonyl (C=O) groups excluding carboxylic acids is 1. The van der Waals surface area contributed by atoms with Crippen molar-refractivity contribution in [3.05, 3.63) is 29.8 Å². The molecule has 1 aromatic rings. The van der Waals surface area contributed by atoms with E-state index in [2.05, 4.69) is 0 Å². The van der Waals surface area contributed by atoms with E-state index in [9.17, 15) is 4.79 Å². The number of methoxy groups -OCH3 is 1. The molecule has 0 spiro atoms. The van der Waals surface area contributed by atoms with Crippen molar-refractivity contribution in [3.63, 3.8) is 0 Å². The molecule has 0 aliphatic heterocycles. The maximum Gasteiger partial charge on any atom is 0.311 e. The molecule has 0 amide bonds. The van der Waals surface area contributed by atoms with Crippen molar-refractivity contribution < 1.29 is 14.3 Å². The fraction of sp³-hybridized carbons (Fsp3) is 0.462. The van der Waals surface area contributed by atoms with Gasteiger partial charge in [-0.15, -0.1) is 0 Å². The molecule has 3 heteroatoms. The van der Waals surface area contributed by atoms with Gasteiger partial charge in [-0.25, -0.2) is 0 Å². The molecule has 16 heavy (non-hydrogen) atoms. The molecule has 0 saturated carbocycles. The Labute approximate surface area is 96.4 Å². The van der Waals surface area contributed by atoms with E-state index in [1.54, 1.807) is 7.11 Å². The van der Waals surface area contributed by atoms with Crippen molar-refractivity contribution in [2.24, 2.45) is 5.41 Å². The molecule has 0 atom stereocenters. The molecule has 0 fully saturated rings. The van der Waals surface area contributed by atoms with Gasteiger partial charge in [0.15, 0.2) is 0 Å². The Hall–Kier alpha value is -1.51. The number of benzene rings is 1. The van der Waals surface area contributed by atoms with Gasteiger partial charge in [-0.05, 0) is 38.5 Å². The van der Waals surface area contributed by atoms with E-state index in [-0.39, 0.29) is 12.6 Å². The molecule has 1 aromatic carbocycles. The first kappa shape index (κ1) is 12.6. The average Bonchev–Trinajstić information content (AvgIpc) is 2.25. The van der Waals surface area contributed by atoms with E-state index in [1.165, 1.54) is 0 Å². The minimum absolute atomic E-state index is 0.199. The van der Waals surface area contributed by atoms with Crippen molar-refractivity contribution >= 4 is 5.97 Å². The number of rotatable bonds is 3. The zero-order chi connectivity index (χ0) is 12.2. The molecule has 0 aromatic heterocycles. The van der Waals surface area contributed by atoms with Crippen LogP contribution in [0.2, 0.25) is 0 Å². The average molecular weight is 222 g/mol. The van der Waals surface area contributed by atoms with E-state index in [4.69, 9.17) is 9.47 Å². The van der Waals surface area contributed by atoms with Gasteiger partial charge in [0.05, 0.1) is 12.5 Å². The van der Waals surface area contributed by atoms with Gasteiger partial charge in [-0.1, -0.05) is 12.1 Å². The predicted octanol–water partition coefficient (Wildman–Crippen LogP) is 2.78. The van der Waals surface area contributed by atoms with E-state index in [1.807, 2.05) is 45.0 Å². The second kappa shape index (κ2) is 5.01. The molecule has 0 heterocycles. The van der Waals surface area contributed by atoms with Crippen LogP contribution in [0.3, 0.4) is 0 Å². The van der Waals surface area contributed by atoms with Gasteiger partial charge in [0.2, 0.25) is 0 Å². The summed E-state index contributed by atoms with van der Waals surface area (Å²) >= 11 is 0. The van der Waals surface area contributed by atoms with Crippen molar-refractivity contribution in [3.8, 4) is 5.75 Å². The minimum atomic E-state index is -0.459. The molecule has 0 aliphatic rings.